The van der Waals surface area contributed by atoms with Gasteiger partial charge in [0.1, 0.15) is 5.00 Å². The normalized spacial score (nSPS) is 11.8. The van der Waals surface area contributed by atoms with Crippen LogP contribution in [0.25, 0.3) is 21.5 Å². The Morgan fingerprint density at radius 1 is 1.10 bits per heavy atom. The van der Waals surface area contributed by atoms with E-state index in [1.165, 1.54) is 11.3 Å². The average molecular weight is 442 g/mol. The van der Waals surface area contributed by atoms with Crippen LogP contribution in [0.15, 0.2) is 60.9 Å². The molecule has 7 nitrogen and oxygen atoms in total. The van der Waals surface area contributed by atoms with Crippen molar-refractivity contribution in [2.24, 2.45) is 0 Å². The summed E-state index contributed by atoms with van der Waals surface area (Å²) in [5, 5.41) is 1.54. The summed E-state index contributed by atoms with van der Waals surface area (Å²) < 4.78 is 30.5. The Hall–Kier alpha value is -2.88. The Morgan fingerprint density at radius 3 is 2.73 bits per heavy atom. The summed E-state index contributed by atoms with van der Waals surface area (Å²) >= 11 is 1.34. The third-order valence-electron chi connectivity index (χ3n) is 4.61. The minimum absolute atomic E-state index is 0.516. The van der Waals surface area contributed by atoms with Crippen molar-refractivity contribution in [3.63, 3.8) is 0 Å². The topological polar surface area (TPSA) is 90.1 Å². The van der Waals surface area contributed by atoms with Gasteiger partial charge < -0.3 is 9.88 Å². The van der Waals surface area contributed by atoms with Crippen LogP contribution < -0.4 is 9.44 Å². The number of fused-ring (bicyclic) bond motifs is 1. The van der Waals surface area contributed by atoms with E-state index in [4.69, 9.17) is 0 Å². The van der Waals surface area contributed by atoms with Crippen LogP contribution in [-0.4, -0.2) is 43.9 Å². The van der Waals surface area contributed by atoms with Crippen molar-refractivity contribution in [1.29, 1.82) is 0 Å². The summed E-state index contributed by atoms with van der Waals surface area (Å²) in [4.78, 5) is 10.6. The predicted octanol–water partition coefficient (Wildman–Crippen LogP) is 4.16. The molecule has 0 spiro atoms. The molecule has 3 heterocycles. The van der Waals surface area contributed by atoms with Crippen LogP contribution in [0.3, 0.4) is 0 Å². The number of hydrogen-bond acceptors (Lipinski definition) is 5. The maximum Gasteiger partial charge on any atom is 0.322 e. The highest BCUT2D eigenvalue weighted by Gasteiger charge is 2.14. The lowest BCUT2D eigenvalue weighted by Gasteiger charge is -2.10. The number of anilines is 2. The number of pyridine rings is 1. The van der Waals surface area contributed by atoms with Crippen LogP contribution in [0.5, 0.6) is 0 Å². The van der Waals surface area contributed by atoms with Gasteiger partial charge in [-0.15, -0.1) is 11.3 Å². The van der Waals surface area contributed by atoms with Crippen molar-refractivity contribution >= 4 is 43.1 Å². The van der Waals surface area contributed by atoms with E-state index < -0.39 is 10.2 Å². The average Bonchev–Trinajstić information content (AvgIpc) is 3.33. The van der Waals surface area contributed by atoms with E-state index in [9.17, 15) is 8.42 Å². The molecule has 156 valence electrons. The molecule has 0 aliphatic carbocycles. The second-order valence-electron chi connectivity index (χ2n) is 7.21. The lowest BCUT2D eigenvalue weighted by atomic mass is 10.1. The van der Waals surface area contributed by atoms with Crippen LogP contribution >= 0.6 is 11.3 Å². The van der Waals surface area contributed by atoms with Gasteiger partial charge in [0.2, 0.25) is 0 Å². The first-order valence-corrected chi connectivity index (χ1v) is 11.8. The predicted molar refractivity (Wildman–Crippen MR) is 124 cm³/mol. The summed E-state index contributed by atoms with van der Waals surface area (Å²) in [6, 6.07) is 14.7. The molecule has 9 heteroatoms. The molecule has 30 heavy (non-hydrogen) atoms. The SMILES string of the molecule is CN(C)CCc1c[nH]c2ccc(NS(=O)(=O)Nc3ccc(-c4ccccn4)s3)cc12. The van der Waals surface area contributed by atoms with E-state index in [1.54, 1.807) is 18.3 Å². The van der Waals surface area contributed by atoms with E-state index in [0.717, 1.165) is 40.0 Å². The van der Waals surface area contributed by atoms with E-state index in [0.29, 0.717) is 10.7 Å². The number of aromatic nitrogens is 2. The summed E-state index contributed by atoms with van der Waals surface area (Å²) in [5.74, 6) is 0. The maximum absolute atomic E-state index is 12.6. The van der Waals surface area contributed by atoms with Gasteiger partial charge in [-0.2, -0.15) is 8.42 Å². The van der Waals surface area contributed by atoms with E-state index in [1.807, 2.05) is 56.7 Å². The number of likely N-dealkylation sites (N-methyl/N-ethyl adjacent to an activating group) is 1. The van der Waals surface area contributed by atoms with Crippen molar-refractivity contribution < 1.29 is 8.42 Å². The molecule has 4 aromatic rings. The number of aromatic amines is 1. The molecule has 4 rings (SSSR count). The van der Waals surface area contributed by atoms with Gasteiger partial charge in [-0.25, -0.2) is 0 Å². The van der Waals surface area contributed by atoms with E-state index in [2.05, 4.69) is 24.3 Å². The number of thiophene rings is 1. The number of nitrogens with zero attached hydrogens (tertiary/aromatic N) is 2. The number of hydrogen-bond donors (Lipinski definition) is 3. The van der Waals surface area contributed by atoms with E-state index >= 15 is 0 Å². The van der Waals surface area contributed by atoms with Gasteiger partial charge in [-0.05, 0) is 68.5 Å². The molecule has 0 aliphatic heterocycles. The van der Waals surface area contributed by atoms with E-state index in [-0.39, 0.29) is 0 Å². The van der Waals surface area contributed by atoms with Crippen LogP contribution in [0.1, 0.15) is 5.56 Å². The van der Waals surface area contributed by atoms with Crippen molar-refractivity contribution in [2.75, 3.05) is 30.1 Å². The van der Waals surface area contributed by atoms with Gasteiger partial charge in [0.25, 0.3) is 0 Å². The Kier molecular flexibility index (Phi) is 5.76. The van der Waals surface area contributed by atoms with Gasteiger partial charge >= 0.3 is 10.2 Å². The standard InChI is InChI=1S/C21H23N5O2S2/c1-26(2)12-10-15-14-23-18-7-6-16(13-17(15)18)24-30(27,28)25-21-9-8-20(29-21)19-5-3-4-11-22-19/h3-9,11,13-14,23-25H,10,12H2,1-2H3. The Bertz CT molecular complexity index is 1250. The lowest BCUT2D eigenvalue weighted by molar-refractivity contribution is 0.414. The fourth-order valence-corrected chi connectivity index (χ4v) is 5.20. The molecule has 1 aromatic carbocycles. The molecule has 0 amide bonds. The fraction of sp³-hybridized carbons (Fsp3) is 0.190. The van der Waals surface area contributed by atoms with Crippen molar-refractivity contribution in [1.82, 2.24) is 14.9 Å². The van der Waals surface area contributed by atoms with Crippen LogP contribution in [0.4, 0.5) is 10.7 Å². The van der Waals surface area contributed by atoms with Gasteiger partial charge in [-0.1, -0.05) is 6.07 Å². The molecule has 0 saturated carbocycles. The van der Waals surface area contributed by atoms with Gasteiger partial charge in [0.15, 0.2) is 0 Å². The van der Waals surface area contributed by atoms with Gasteiger partial charge in [0, 0.05) is 29.8 Å². The number of nitrogens with one attached hydrogen (secondary N) is 3. The van der Waals surface area contributed by atoms with Crippen LogP contribution in [0.2, 0.25) is 0 Å². The summed E-state index contributed by atoms with van der Waals surface area (Å²) in [7, 11) is 0.288. The zero-order valence-corrected chi connectivity index (χ0v) is 18.3. The monoisotopic (exact) mass is 441 g/mol. The van der Waals surface area contributed by atoms with Crippen molar-refractivity contribution in [2.45, 2.75) is 6.42 Å². The third kappa shape index (κ3) is 4.81. The van der Waals surface area contributed by atoms with Crippen LogP contribution in [0, 0.1) is 0 Å². The smallest absolute Gasteiger partial charge is 0.322 e. The highest BCUT2D eigenvalue weighted by molar-refractivity contribution is 7.94. The summed E-state index contributed by atoms with van der Waals surface area (Å²) in [6.45, 7) is 0.918. The first-order valence-electron chi connectivity index (χ1n) is 9.46. The number of rotatable bonds is 8. The summed E-state index contributed by atoms with van der Waals surface area (Å²) in [5.41, 5.74) is 3.47. The number of H-pyrrole nitrogens is 1. The first kappa shape index (κ1) is 20.4. The molecule has 0 aliphatic rings. The molecular formula is C21H23N5O2S2. The Morgan fingerprint density at radius 2 is 1.97 bits per heavy atom. The zero-order valence-electron chi connectivity index (χ0n) is 16.7. The molecule has 0 saturated heterocycles. The second kappa shape index (κ2) is 8.47. The molecular weight excluding hydrogens is 418 g/mol. The zero-order chi connectivity index (χ0) is 21.1. The van der Waals surface area contributed by atoms with Crippen molar-refractivity contribution in [3.8, 4) is 10.6 Å². The van der Waals surface area contributed by atoms with Gasteiger partial charge in [-0.3, -0.25) is 14.4 Å². The summed E-state index contributed by atoms with van der Waals surface area (Å²) in [6.07, 6.45) is 4.58. The largest absolute Gasteiger partial charge is 0.361 e. The van der Waals surface area contributed by atoms with Crippen molar-refractivity contribution in [3.05, 3.63) is 66.5 Å². The fourth-order valence-electron chi connectivity index (χ4n) is 3.14. The highest BCUT2D eigenvalue weighted by atomic mass is 32.2. The first-order chi connectivity index (χ1) is 14.4. The Labute approximate surface area is 180 Å². The highest BCUT2D eigenvalue weighted by Crippen LogP contribution is 2.31. The molecule has 0 unspecified atom stereocenters. The molecule has 0 atom stereocenters. The molecule has 0 radical (unpaired) electrons. The van der Waals surface area contributed by atoms with Crippen LogP contribution in [-0.2, 0) is 16.6 Å². The maximum atomic E-state index is 12.6. The minimum Gasteiger partial charge on any atom is -0.361 e. The number of benzene rings is 1. The molecule has 0 bridgehead atoms. The molecule has 3 aromatic heterocycles. The minimum atomic E-state index is -3.78. The quantitative estimate of drug-likeness (QED) is 0.383. The van der Waals surface area contributed by atoms with Gasteiger partial charge in [0.05, 0.1) is 16.3 Å². The second-order valence-corrected chi connectivity index (χ2v) is 9.71. The molecule has 0 fully saturated rings. The molecule has 3 N–H and O–H groups in total. The lowest BCUT2D eigenvalue weighted by Crippen LogP contribution is -2.21. The third-order valence-corrected chi connectivity index (χ3v) is 6.75. The Balaban J connectivity index is 1.50.